The van der Waals surface area contributed by atoms with E-state index in [0.29, 0.717) is 17.0 Å². The van der Waals surface area contributed by atoms with Gasteiger partial charge in [0, 0.05) is 24.3 Å². The molecular weight excluding hydrogens is 447 g/mol. The highest BCUT2D eigenvalue weighted by molar-refractivity contribution is 6.13. The largest absolute Gasteiger partial charge is 0.497 e. The highest BCUT2D eigenvalue weighted by Crippen LogP contribution is 2.25. The lowest BCUT2D eigenvalue weighted by Gasteiger charge is -2.19. The van der Waals surface area contributed by atoms with E-state index in [2.05, 4.69) is 10.6 Å². The maximum absolute atomic E-state index is 14.9. The van der Waals surface area contributed by atoms with Crippen LogP contribution in [0.1, 0.15) is 44.7 Å². The van der Waals surface area contributed by atoms with Gasteiger partial charge in [0.05, 0.1) is 23.9 Å². The monoisotopic (exact) mass is 474 g/mol. The molecule has 1 fully saturated rings. The van der Waals surface area contributed by atoms with Crippen LogP contribution in [0, 0.1) is 18.2 Å². The SMILES string of the molecule is COc1ccc(NC(=O)c2ccc(C(=N)N3CCCC3)cc2F)c(C(=O)Nc2ccc(C)cc2)c1. The maximum Gasteiger partial charge on any atom is 0.258 e. The molecule has 3 N–H and O–H groups in total. The predicted octanol–water partition coefficient (Wildman–Crippen LogP) is 5.07. The van der Waals surface area contributed by atoms with E-state index in [9.17, 15) is 14.0 Å². The molecule has 3 aromatic rings. The number of nitrogens with one attached hydrogen (secondary N) is 3. The van der Waals surface area contributed by atoms with E-state index in [1.807, 2.05) is 24.0 Å². The zero-order valence-corrected chi connectivity index (χ0v) is 19.7. The van der Waals surface area contributed by atoms with Crippen LogP contribution in [0.2, 0.25) is 0 Å². The molecule has 0 aromatic heterocycles. The molecule has 0 atom stereocenters. The van der Waals surface area contributed by atoms with Crippen molar-refractivity contribution in [2.24, 2.45) is 0 Å². The first-order valence-corrected chi connectivity index (χ1v) is 11.4. The minimum atomic E-state index is -0.733. The summed E-state index contributed by atoms with van der Waals surface area (Å²) in [6.07, 6.45) is 2.01. The number of amidine groups is 1. The molecule has 35 heavy (non-hydrogen) atoms. The third-order valence-corrected chi connectivity index (χ3v) is 5.94. The number of carbonyl (C=O) groups excluding carboxylic acids is 2. The van der Waals surface area contributed by atoms with Gasteiger partial charge in [-0.1, -0.05) is 23.8 Å². The molecule has 3 aromatic carbocycles. The summed E-state index contributed by atoms with van der Waals surface area (Å²) in [5, 5.41) is 13.7. The van der Waals surface area contributed by atoms with E-state index in [1.165, 1.54) is 31.4 Å². The van der Waals surface area contributed by atoms with Crippen LogP contribution in [-0.2, 0) is 0 Å². The zero-order valence-electron chi connectivity index (χ0n) is 19.7. The summed E-state index contributed by atoms with van der Waals surface area (Å²) in [4.78, 5) is 27.8. The lowest BCUT2D eigenvalue weighted by Crippen LogP contribution is -2.28. The summed E-state index contributed by atoms with van der Waals surface area (Å²) < 4.78 is 20.1. The second kappa shape index (κ2) is 10.4. The highest BCUT2D eigenvalue weighted by atomic mass is 19.1. The third kappa shape index (κ3) is 5.48. The van der Waals surface area contributed by atoms with Gasteiger partial charge in [-0.2, -0.15) is 0 Å². The standard InChI is InChI=1S/C27H27FN4O3/c1-17-5-8-19(9-6-17)30-27(34)22-16-20(35-2)10-12-24(22)31-26(33)21-11-7-18(15-23(21)28)25(29)32-13-3-4-14-32/h5-12,15-16,29H,3-4,13-14H2,1-2H3,(H,30,34)(H,31,33). The van der Waals surface area contributed by atoms with Crippen LogP contribution in [0.25, 0.3) is 0 Å². The number of rotatable bonds is 6. The van der Waals surface area contributed by atoms with E-state index < -0.39 is 17.6 Å². The van der Waals surface area contributed by atoms with Crippen LogP contribution in [0.5, 0.6) is 5.75 Å². The maximum atomic E-state index is 14.9. The summed E-state index contributed by atoms with van der Waals surface area (Å²) in [6.45, 7) is 3.49. The quantitative estimate of drug-likeness (QED) is 0.343. The Bertz CT molecular complexity index is 1270. The molecule has 0 aliphatic carbocycles. The van der Waals surface area contributed by atoms with Gasteiger partial charge in [0.2, 0.25) is 0 Å². The number of methoxy groups -OCH3 is 1. The van der Waals surface area contributed by atoms with Crippen molar-refractivity contribution in [2.75, 3.05) is 30.8 Å². The number of anilines is 2. The van der Waals surface area contributed by atoms with Crippen LogP contribution in [0.3, 0.4) is 0 Å². The molecule has 1 saturated heterocycles. The lowest BCUT2D eigenvalue weighted by molar-refractivity contribution is 0.102. The second-order valence-electron chi connectivity index (χ2n) is 8.42. The van der Waals surface area contributed by atoms with Crippen molar-refractivity contribution in [3.8, 4) is 5.75 Å². The van der Waals surface area contributed by atoms with Crippen LogP contribution >= 0.6 is 0 Å². The Labute approximate surface area is 203 Å². The van der Waals surface area contributed by atoms with Crippen LogP contribution in [0.4, 0.5) is 15.8 Å². The molecule has 0 unspecified atom stereocenters. The van der Waals surface area contributed by atoms with E-state index in [-0.39, 0.29) is 22.6 Å². The number of halogens is 1. The molecule has 7 nitrogen and oxygen atoms in total. The zero-order chi connectivity index (χ0) is 24.9. The molecule has 1 aliphatic rings. The number of nitrogens with zero attached hydrogens (tertiary/aromatic N) is 1. The number of hydrogen-bond donors (Lipinski definition) is 3. The molecular formula is C27H27FN4O3. The van der Waals surface area contributed by atoms with E-state index in [1.54, 1.807) is 24.3 Å². The Kier molecular flexibility index (Phi) is 7.10. The van der Waals surface area contributed by atoms with Crippen molar-refractivity contribution in [2.45, 2.75) is 19.8 Å². The second-order valence-corrected chi connectivity index (χ2v) is 8.42. The van der Waals surface area contributed by atoms with Gasteiger partial charge >= 0.3 is 0 Å². The minimum Gasteiger partial charge on any atom is -0.497 e. The minimum absolute atomic E-state index is 0.172. The van der Waals surface area contributed by atoms with Gasteiger partial charge in [0.1, 0.15) is 17.4 Å². The smallest absolute Gasteiger partial charge is 0.258 e. The molecule has 0 saturated carbocycles. The van der Waals surface area contributed by atoms with Gasteiger partial charge < -0.3 is 20.3 Å². The molecule has 0 spiro atoms. The fourth-order valence-electron chi connectivity index (χ4n) is 3.94. The summed E-state index contributed by atoms with van der Waals surface area (Å²) in [7, 11) is 1.48. The van der Waals surface area contributed by atoms with Gasteiger partial charge in [-0.25, -0.2) is 4.39 Å². The van der Waals surface area contributed by atoms with Gasteiger partial charge in [0.25, 0.3) is 11.8 Å². The van der Waals surface area contributed by atoms with Crippen molar-refractivity contribution in [3.63, 3.8) is 0 Å². The lowest BCUT2D eigenvalue weighted by atomic mass is 10.1. The fourth-order valence-corrected chi connectivity index (χ4v) is 3.94. The van der Waals surface area contributed by atoms with Crippen molar-refractivity contribution in [1.29, 1.82) is 5.41 Å². The molecule has 8 heteroatoms. The van der Waals surface area contributed by atoms with E-state index in [4.69, 9.17) is 10.1 Å². The summed E-state index contributed by atoms with van der Waals surface area (Å²) in [6, 6.07) is 16.1. The fraction of sp³-hybridized carbons (Fsp3) is 0.222. The topological polar surface area (TPSA) is 94.5 Å². The Morgan fingerprint density at radius 1 is 0.914 bits per heavy atom. The van der Waals surface area contributed by atoms with Gasteiger partial charge in [0.15, 0.2) is 0 Å². The number of amides is 2. The Hall–Kier alpha value is -4.20. The first-order chi connectivity index (χ1) is 16.9. The number of carbonyl (C=O) groups is 2. The summed E-state index contributed by atoms with van der Waals surface area (Å²) >= 11 is 0. The average molecular weight is 475 g/mol. The number of benzene rings is 3. The molecule has 1 heterocycles. The van der Waals surface area contributed by atoms with Crippen LogP contribution < -0.4 is 15.4 Å². The number of hydrogen-bond acceptors (Lipinski definition) is 4. The van der Waals surface area contributed by atoms with Crippen molar-refractivity contribution < 1.29 is 18.7 Å². The van der Waals surface area contributed by atoms with Crippen molar-refractivity contribution in [1.82, 2.24) is 4.90 Å². The van der Waals surface area contributed by atoms with E-state index in [0.717, 1.165) is 31.5 Å². The van der Waals surface area contributed by atoms with Crippen LogP contribution in [-0.4, -0.2) is 42.7 Å². The van der Waals surface area contributed by atoms with Gasteiger partial charge in [-0.3, -0.25) is 15.0 Å². The van der Waals surface area contributed by atoms with Crippen molar-refractivity contribution in [3.05, 3.63) is 88.7 Å². The van der Waals surface area contributed by atoms with Crippen molar-refractivity contribution >= 4 is 29.0 Å². The van der Waals surface area contributed by atoms with E-state index >= 15 is 0 Å². The first-order valence-electron chi connectivity index (χ1n) is 11.4. The first kappa shape index (κ1) is 23.9. The molecule has 2 amide bonds. The van der Waals surface area contributed by atoms with Crippen LogP contribution in [0.15, 0.2) is 60.7 Å². The third-order valence-electron chi connectivity index (χ3n) is 5.94. The Morgan fingerprint density at radius 2 is 1.60 bits per heavy atom. The number of likely N-dealkylation sites (tertiary alicyclic amines) is 1. The number of ether oxygens (including phenoxy) is 1. The summed E-state index contributed by atoms with van der Waals surface area (Å²) in [5.41, 5.74) is 2.29. The molecule has 4 rings (SSSR count). The molecule has 1 aliphatic heterocycles. The van der Waals surface area contributed by atoms with Gasteiger partial charge in [-0.15, -0.1) is 0 Å². The molecule has 180 valence electrons. The molecule has 0 radical (unpaired) electrons. The Balaban J connectivity index is 1.55. The number of aryl methyl sites for hydroxylation is 1. The van der Waals surface area contributed by atoms with Gasteiger partial charge in [-0.05, 0) is 62.2 Å². The summed E-state index contributed by atoms with van der Waals surface area (Å²) in [5.74, 6) is -1.19. The Morgan fingerprint density at radius 3 is 2.26 bits per heavy atom. The average Bonchev–Trinajstić information content (AvgIpc) is 3.40. The molecule has 0 bridgehead atoms. The predicted molar refractivity (Wildman–Crippen MR) is 134 cm³/mol. The highest BCUT2D eigenvalue weighted by Gasteiger charge is 2.21. The normalized spacial score (nSPS) is 12.8.